The average Bonchev–Trinajstić information content (AvgIpc) is 2.86. The highest BCUT2D eigenvalue weighted by atomic mass is 16.5. The van der Waals surface area contributed by atoms with E-state index in [9.17, 15) is 4.79 Å². The summed E-state index contributed by atoms with van der Waals surface area (Å²) < 4.78 is 5.50. The largest absolute Gasteiger partial charge is 0.492 e. The van der Waals surface area contributed by atoms with Gasteiger partial charge in [-0.25, -0.2) is 0 Å². The molecule has 2 N–H and O–H groups in total. The summed E-state index contributed by atoms with van der Waals surface area (Å²) in [5.74, 6) is 0.700. The zero-order chi connectivity index (χ0) is 13.5. The van der Waals surface area contributed by atoms with E-state index in [-0.39, 0.29) is 18.4 Å². The van der Waals surface area contributed by atoms with Gasteiger partial charge in [-0.15, -0.1) is 0 Å². The number of carbonyl (C=O) groups is 1. The molecule has 0 radical (unpaired) electrons. The fraction of sp³-hybridized carbons (Fsp3) is 0.533. The predicted octanol–water partition coefficient (Wildman–Crippen LogP) is 1.83. The number of aliphatic hydroxyl groups excluding tert-OH is 1. The number of unbranched alkanes of at least 4 members (excludes halogenated alkanes) is 3. The lowest BCUT2D eigenvalue weighted by atomic mass is 10.0. The van der Waals surface area contributed by atoms with Gasteiger partial charge in [-0.2, -0.15) is 0 Å². The minimum atomic E-state index is -0.173. The monoisotopic (exact) mass is 263 g/mol. The molecule has 104 valence electrons. The zero-order valence-electron chi connectivity index (χ0n) is 11.1. The average molecular weight is 263 g/mol. The van der Waals surface area contributed by atoms with Gasteiger partial charge in [0.15, 0.2) is 0 Å². The molecule has 4 nitrogen and oxygen atoms in total. The molecule has 0 saturated heterocycles. The molecule has 1 heterocycles. The summed E-state index contributed by atoms with van der Waals surface area (Å²) in [7, 11) is 0. The minimum Gasteiger partial charge on any atom is -0.492 e. The molecule has 1 aromatic rings. The van der Waals surface area contributed by atoms with Gasteiger partial charge in [-0.05, 0) is 18.9 Å². The second-order valence-electron chi connectivity index (χ2n) is 4.83. The second kappa shape index (κ2) is 7.14. The molecule has 4 heteroatoms. The molecule has 0 bridgehead atoms. The first-order chi connectivity index (χ1) is 9.33. The summed E-state index contributed by atoms with van der Waals surface area (Å²) in [6.45, 7) is 1.39. The fourth-order valence-corrected chi connectivity index (χ4v) is 2.30. The van der Waals surface area contributed by atoms with Crippen LogP contribution in [0.2, 0.25) is 0 Å². The third-order valence-electron chi connectivity index (χ3n) is 3.40. The van der Waals surface area contributed by atoms with E-state index in [1.807, 2.05) is 24.3 Å². The number of para-hydroxylation sites is 1. The standard InChI is InChI=1S/C15H21NO3/c17-10-6-2-1-5-9-16-15(18)13-11-19-14-8-4-3-7-12(13)14/h3-4,7-8,13,17H,1-2,5-6,9-11H2,(H,16,18). The van der Waals surface area contributed by atoms with E-state index in [0.29, 0.717) is 13.2 Å². The van der Waals surface area contributed by atoms with E-state index in [1.165, 1.54) is 0 Å². The topological polar surface area (TPSA) is 58.6 Å². The van der Waals surface area contributed by atoms with Crippen molar-refractivity contribution in [2.45, 2.75) is 31.6 Å². The summed E-state index contributed by atoms with van der Waals surface area (Å²) in [5.41, 5.74) is 0.986. The van der Waals surface area contributed by atoms with Crippen LogP contribution in [-0.2, 0) is 4.79 Å². The van der Waals surface area contributed by atoms with Crippen molar-refractivity contribution in [1.82, 2.24) is 5.32 Å². The fourth-order valence-electron chi connectivity index (χ4n) is 2.30. The molecular formula is C15H21NO3. The maximum Gasteiger partial charge on any atom is 0.231 e. The van der Waals surface area contributed by atoms with Crippen molar-refractivity contribution in [2.24, 2.45) is 0 Å². The number of nitrogens with one attached hydrogen (secondary N) is 1. The lowest BCUT2D eigenvalue weighted by molar-refractivity contribution is -0.122. The van der Waals surface area contributed by atoms with Crippen LogP contribution in [0.5, 0.6) is 5.75 Å². The van der Waals surface area contributed by atoms with Crippen LogP contribution >= 0.6 is 0 Å². The van der Waals surface area contributed by atoms with Crippen LogP contribution in [0.1, 0.15) is 37.2 Å². The number of hydrogen-bond acceptors (Lipinski definition) is 3. The summed E-state index contributed by atoms with van der Waals surface area (Å²) in [6.07, 6.45) is 3.86. The van der Waals surface area contributed by atoms with Gasteiger partial charge in [0.2, 0.25) is 5.91 Å². The molecule has 0 spiro atoms. The van der Waals surface area contributed by atoms with Gasteiger partial charge >= 0.3 is 0 Å². The number of rotatable bonds is 7. The van der Waals surface area contributed by atoms with Crippen molar-refractivity contribution in [1.29, 1.82) is 0 Å². The smallest absolute Gasteiger partial charge is 0.231 e. The molecule has 0 aliphatic carbocycles. The Bertz CT molecular complexity index is 420. The van der Waals surface area contributed by atoms with Gasteiger partial charge in [0.1, 0.15) is 18.3 Å². The molecule has 1 atom stereocenters. The number of carbonyl (C=O) groups excluding carboxylic acids is 1. The number of ether oxygens (including phenoxy) is 1. The first-order valence-electron chi connectivity index (χ1n) is 6.93. The molecule has 1 aliphatic rings. The molecule has 1 aliphatic heterocycles. The third kappa shape index (κ3) is 3.70. The summed E-state index contributed by atoms with van der Waals surface area (Å²) in [4.78, 5) is 12.1. The van der Waals surface area contributed by atoms with Crippen molar-refractivity contribution in [3.8, 4) is 5.75 Å². The molecule has 1 amide bonds. The SMILES string of the molecule is O=C(NCCCCCCO)C1COc2ccccc21. The Labute approximate surface area is 113 Å². The normalized spacial score (nSPS) is 16.8. The Kier molecular flexibility index (Phi) is 5.21. The van der Waals surface area contributed by atoms with Crippen LogP contribution < -0.4 is 10.1 Å². The van der Waals surface area contributed by atoms with Crippen LogP contribution in [0.15, 0.2) is 24.3 Å². The molecule has 19 heavy (non-hydrogen) atoms. The first kappa shape index (κ1) is 13.9. The maximum absolute atomic E-state index is 12.1. The van der Waals surface area contributed by atoms with Crippen molar-refractivity contribution in [2.75, 3.05) is 19.8 Å². The van der Waals surface area contributed by atoms with Crippen LogP contribution in [0, 0.1) is 0 Å². The van der Waals surface area contributed by atoms with Gasteiger partial charge in [0, 0.05) is 18.7 Å². The second-order valence-corrected chi connectivity index (χ2v) is 4.83. The molecule has 0 fully saturated rings. The first-order valence-corrected chi connectivity index (χ1v) is 6.93. The van der Waals surface area contributed by atoms with E-state index in [0.717, 1.165) is 37.0 Å². The number of hydrogen-bond donors (Lipinski definition) is 2. The molecule has 0 saturated carbocycles. The number of benzene rings is 1. The van der Waals surface area contributed by atoms with Gasteiger partial charge in [-0.1, -0.05) is 31.0 Å². The van der Waals surface area contributed by atoms with Gasteiger partial charge in [-0.3, -0.25) is 4.79 Å². The summed E-state index contributed by atoms with van der Waals surface area (Å²) >= 11 is 0. The zero-order valence-corrected chi connectivity index (χ0v) is 11.1. The summed E-state index contributed by atoms with van der Waals surface area (Å²) in [6, 6.07) is 7.70. The van der Waals surface area contributed by atoms with Crippen molar-refractivity contribution >= 4 is 5.91 Å². The third-order valence-corrected chi connectivity index (χ3v) is 3.40. The van der Waals surface area contributed by atoms with Crippen molar-refractivity contribution < 1.29 is 14.6 Å². The van der Waals surface area contributed by atoms with E-state index < -0.39 is 0 Å². The molecule has 1 aromatic carbocycles. The Balaban J connectivity index is 1.73. The lowest BCUT2D eigenvalue weighted by Gasteiger charge is -2.10. The van der Waals surface area contributed by atoms with Gasteiger partial charge < -0.3 is 15.2 Å². The van der Waals surface area contributed by atoms with E-state index in [4.69, 9.17) is 9.84 Å². The highest BCUT2D eigenvalue weighted by molar-refractivity contribution is 5.85. The Morgan fingerprint density at radius 3 is 2.89 bits per heavy atom. The van der Waals surface area contributed by atoms with Gasteiger partial charge in [0.05, 0.1) is 0 Å². The number of aliphatic hydroxyl groups is 1. The van der Waals surface area contributed by atoms with Crippen LogP contribution in [0.3, 0.4) is 0 Å². The lowest BCUT2D eigenvalue weighted by Crippen LogP contribution is -2.30. The van der Waals surface area contributed by atoms with E-state index >= 15 is 0 Å². The number of amides is 1. The Hall–Kier alpha value is -1.55. The number of fused-ring (bicyclic) bond motifs is 1. The quantitative estimate of drug-likeness (QED) is 0.738. The highest BCUT2D eigenvalue weighted by Gasteiger charge is 2.29. The van der Waals surface area contributed by atoms with Crippen molar-refractivity contribution in [3.63, 3.8) is 0 Å². The molecule has 2 rings (SSSR count). The van der Waals surface area contributed by atoms with Crippen LogP contribution in [-0.4, -0.2) is 30.8 Å². The Morgan fingerprint density at radius 1 is 1.26 bits per heavy atom. The van der Waals surface area contributed by atoms with Gasteiger partial charge in [0.25, 0.3) is 0 Å². The maximum atomic E-state index is 12.1. The minimum absolute atomic E-state index is 0.0482. The predicted molar refractivity (Wildman–Crippen MR) is 73.2 cm³/mol. The van der Waals surface area contributed by atoms with Crippen LogP contribution in [0.25, 0.3) is 0 Å². The van der Waals surface area contributed by atoms with E-state index in [2.05, 4.69) is 5.32 Å². The van der Waals surface area contributed by atoms with E-state index in [1.54, 1.807) is 0 Å². The Morgan fingerprint density at radius 2 is 2.05 bits per heavy atom. The summed E-state index contributed by atoms with van der Waals surface area (Å²) in [5, 5.41) is 11.6. The van der Waals surface area contributed by atoms with Crippen LogP contribution in [0.4, 0.5) is 0 Å². The molecule has 1 unspecified atom stereocenters. The molecular weight excluding hydrogens is 242 g/mol. The highest BCUT2D eigenvalue weighted by Crippen LogP contribution is 2.33. The molecule has 0 aromatic heterocycles. The van der Waals surface area contributed by atoms with Crippen molar-refractivity contribution in [3.05, 3.63) is 29.8 Å².